The predicted molar refractivity (Wildman–Crippen MR) is 130 cm³/mol. The molecule has 0 radical (unpaired) electrons. The molecule has 1 aliphatic heterocycles. The van der Waals surface area contributed by atoms with Gasteiger partial charge in [-0.05, 0) is 25.8 Å². The fourth-order valence-corrected chi connectivity index (χ4v) is 6.06. The number of aromatic nitrogens is 2. The molecule has 33 heavy (non-hydrogen) atoms. The quantitative estimate of drug-likeness (QED) is 0.265. The van der Waals surface area contributed by atoms with Gasteiger partial charge in [-0.3, -0.25) is 9.59 Å². The van der Waals surface area contributed by atoms with Gasteiger partial charge in [-0.1, -0.05) is 71.6 Å². The molecule has 0 atom stereocenters. The second-order valence-corrected chi connectivity index (χ2v) is 10.5. The Hall–Kier alpha value is -2.97. The van der Waals surface area contributed by atoms with Crippen molar-refractivity contribution in [2.45, 2.75) is 29.9 Å². The van der Waals surface area contributed by atoms with E-state index in [1.807, 2.05) is 66.4 Å². The standard InChI is InChI=1S/C25H23N3O3S2/c1-16-26-27-25(33-16)32-15-20-19-9-5-6-10-21(19)31-23(20)24(30)28-13-11-18(12-14-28)22(29)17-7-3-2-4-8-17/h2-10,18H,11-15H2,1H3. The van der Waals surface area contributed by atoms with E-state index < -0.39 is 0 Å². The molecule has 1 aliphatic rings. The van der Waals surface area contributed by atoms with Crippen LogP contribution in [0.15, 0.2) is 63.4 Å². The lowest BCUT2D eigenvalue weighted by molar-refractivity contribution is 0.0625. The predicted octanol–water partition coefficient (Wildman–Crippen LogP) is 5.62. The lowest BCUT2D eigenvalue weighted by Gasteiger charge is -2.31. The topological polar surface area (TPSA) is 76.3 Å². The number of amides is 1. The van der Waals surface area contributed by atoms with Crippen molar-refractivity contribution in [2.24, 2.45) is 5.92 Å². The average molecular weight is 478 g/mol. The van der Waals surface area contributed by atoms with Crippen molar-refractivity contribution in [1.82, 2.24) is 15.1 Å². The van der Waals surface area contributed by atoms with Crippen molar-refractivity contribution < 1.29 is 14.0 Å². The van der Waals surface area contributed by atoms with Gasteiger partial charge in [0.2, 0.25) is 0 Å². The minimum Gasteiger partial charge on any atom is -0.451 e. The van der Waals surface area contributed by atoms with Crippen LogP contribution in [0.3, 0.4) is 0 Å². The van der Waals surface area contributed by atoms with Crippen molar-refractivity contribution in [2.75, 3.05) is 13.1 Å². The van der Waals surface area contributed by atoms with Crippen LogP contribution in [-0.2, 0) is 5.75 Å². The monoisotopic (exact) mass is 477 g/mol. The highest BCUT2D eigenvalue weighted by atomic mass is 32.2. The van der Waals surface area contributed by atoms with E-state index in [4.69, 9.17) is 4.42 Å². The van der Waals surface area contributed by atoms with Gasteiger partial charge in [0.05, 0.1) is 0 Å². The molecular formula is C25H23N3O3S2. The summed E-state index contributed by atoms with van der Waals surface area (Å²) in [5.41, 5.74) is 2.33. The van der Waals surface area contributed by atoms with E-state index in [0.717, 1.165) is 25.9 Å². The Balaban J connectivity index is 1.32. The molecule has 2 aromatic carbocycles. The first-order chi connectivity index (χ1) is 16.1. The van der Waals surface area contributed by atoms with E-state index in [1.165, 1.54) is 0 Å². The molecule has 2 aromatic heterocycles. The molecule has 0 N–H and O–H groups in total. The minimum absolute atomic E-state index is 0.0530. The van der Waals surface area contributed by atoms with Gasteiger partial charge in [0.1, 0.15) is 10.6 Å². The van der Waals surface area contributed by atoms with Crippen LogP contribution >= 0.6 is 23.1 Å². The van der Waals surface area contributed by atoms with Crippen LogP contribution < -0.4 is 0 Å². The SMILES string of the molecule is Cc1nnc(SCc2c(C(=O)N3CCC(C(=O)c4ccccc4)CC3)oc3ccccc23)s1. The average Bonchev–Trinajstić information content (AvgIpc) is 3.45. The van der Waals surface area contributed by atoms with Crippen molar-refractivity contribution in [3.63, 3.8) is 0 Å². The van der Waals surface area contributed by atoms with Crippen LogP contribution in [0.1, 0.15) is 44.3 Å². The molecule has 168 valence electrons. The van der Waals surface area contributed by atoms with Crippen LogP contribution in [0.2, 0.25) is 0 Å². The molecule has 1 amide bonds. The summed E-state index contributed by atoms with van der Waals surface area (Å²) in [4.78, 5) is 28.1. The number of aryl methyl sites for hydroxylation is 1. The molecule has 3 heterocycles. The van der Waals surface area contributed by atoms with Crippen molar-refractivity contribution in [3.8, 4) is 0 Å². The second-order valence-electron chi connectivity index (χ2n) is 8.08. The number of nitrogens with zero attached hydrogens (tertiary/aromatic N) is 3. The summed E-state index contributed by atoms with van der Waals surface area (Å²) in [6, 6.07) is 17.1. The van der Waals surface area contributed by atoms with Gasteiger partial charge in [-0.15, -0.1) is 10.2 Å². The second kappa shape index (κ2) is 9.49. The van der Waals surface area contributed by atoms with Crippen LogP contribution in [0, 0.1) is 12.8 Å². The fourth-order valence-electron chi connectivity index (χ4n) is 4.21. The zero-order chi connectivity index (χ0) is 22.8. The summed E-state index contributed by atoms with van der Waals surface area (Å²) in [6.07, 6.45) is 1.32. The Morgan fingerprint density at radius 2 is 1.79 bits per heavy atom. The summed E-state index contributed by atoms with van der Waals surface area (Å²) in [7, 11) is 0. The fraction of sp³-hybridized carbons (Fsp3) is 0.280. The maximum absolute atomic E-state index is 13.5. The van der Waals surface area contributed by atoms with E-state index in [9.17, 15) is 9.59 Å². The molecule has 0 bridgehead atoms. The number of thioether (sulfide) groups is 1. The molecule has 8 heteroatoms. The maximum atomic E-state index is 13.5. The number of rotatable bonds is 6. The summed E-state index contributed by atoms with van der Waals surface area (Å²) in [5, 5.41) is 10.1. The van der Waals surface area contributed by atoms with Gasteiger partial charge in [-0.25, -0.2) is 0 Å². The maximum Gasteiger partial charge on any atom is 0.289 e. The van der Waals surface area contributed by atoms with Gasteiger partial charge in [0.25, 0.3) is 5.91 Å². The number of furan rings is 1. The summed E-state index contributed by atoms with van der Waals surface area (Å²) in [6.45, 7) is 3.01. The summed E-state index contributed by atoms with van der Waals surface area (Å²) >= 11 is 3.10. The number of para-hydroxylation sites is 1. The third kappa shape index (κ3) is 4.58. The highest BCUT2D eigenvalue weighted by Gasteiger charge is 2.31. The molecule has 0 unspecified atom stereocenters. The number of fused-ring (bicyclic) bond motifs is 1. The first-order valence-corrected chi connectivity index (χ1v) is 12.7. The Morgan fingerprint density at radius 3 is 2.52 bits per heavy atom. The zero-order valence-electron chi connectivity index (χ0n) is 18.2. The molecule has 0 aliphatic carbocycles. The Morgan fingerprint density at radius 1 is 1.06 bits per heavy atom. The van der Waals surface area contributed by atoms with Gasteiger partial charge in [-0.2, -0.15) is 0 Å². The smallest absolute Gasteiger partial charge is 0.289 e. The number of Topliss-reactive ketones (excluding diaryl/α,β-unsaturated/α-hetero) is 1. The number of ketones is 1. The van der Waals surface area contributed by atoms with Gasteiger partial charge < -0.3 is 9.32 Å². The van der Waals surface area contributed by atoms with Crippen LogP contribution in [0.4, 0.5) is 0 Å². The van der Waals surface area contributed by atoms with Crippen molar-refractivity contribution >= 4 is 45.8 Å². The van der Waals surface area contributed by atoms with E-state index in [2.05, 4.69) is 10.2 Å². The number of likely N-dealkylation sites (tertiary alicyclic amines) is 1. The number of piperidine rings is 1. The lowest BCUT2D eigenvalue weighted by atomic mass is 9.89. The highest BCUT2D eigenvalue weighted by molar-refractivity contribution is 8.00. The van der Waals surface area contributed by atoms with Crippen molar-refractivity contribution in [3.05, 3.63) is 76.5 Å². The Labute approximate surface area is 200 Å². The summed E-state index contributed by atoms with van der Waals surface area (Å²) in [5.74, 6) is 0.965. The third-order valence-electron chi connectivity index (χ3n) is 5.95. The van der Waals surface area contributed by atoms with Crippen LogP contribution in [0.25, 0.3) is 11.0 Å². The molecule has 1 saturated heterocycles. The number of carbonyl (C=O) groups is 2. The highest BCUT2D eigenvalue weighted by Crippen LogP contribution is 2.34. The van der Waals surface area contributed by atoms with E-state index in [-0.39, 0.29) is 17.6 Å². The van der Waals surface area contributed by atoms with Gasteiger partial charge in [0, 0.05) is 41.3 Å². The molecule has 6 nitrogen and oxygen atoms in total. The molecule has 5 rings (SSSR count). The lowest BCUT2D eigenvalue weighted by Crippen LogP contribution is -2.40. The number of carbonyl (C=O) groups excluding carboxylic acids is 2. The molecule has 0 spiro atoms. The Kier molecular flexibility index (Phi) is 6.28. The van der Waals surface area contributed by atoms with E-state index >= 15 is 0 Å². The number of hydrogen-bond donors (Lipinski definition) is 0. The Bertz CT molecular complexity index is 1290. The molecule has 4 aromatic rings. The normalized spacial score (nSPS) is 14.6. The van der Waals surface area contributed by atoms with E-state index in [0.29, 0.717) is 43.0 Å². The first kappa shape index (κ1) is 21.9. The van der Waals surface area contributed by atoms with Gasteiger partial charge in [0.15, 0.2) is 15.9 Å². The van der Waals surface area contributed by atoms with Crippen LogP contribution in [-0.4, -0.2) is 39.9 Å². The number of benzene rings is 2. The van der Waals surface area contributed by atoms with Crippen molar-refractivity contribution in [1.29, 1.82) is 0 Å². The zero-order valence-corrected chi connectivity index (χ0v) is 19.8. The summed E-state index contributed by atoms with van der Waals surface area (Å²) < 4.78 is 6.92. The van der Waals surface area contributed by atoms with Gasteiger partial charge >= 0.3 is 0 Å². The molecular weight excluding hydrogens is 454 g/mol. The molecule has 0 saturated carbocycles. The van der Waals surface area contributed by atoms with E-state index in [1.54, 1.807) is 23.1 Å². The first-order valence-electron chi connectivity index (χ1n) is 10.9. The minimum atomic E-state index is -0.110. The third-order valence-corrected chi connectivity index (χ3v) is 7.95. The molecule has 1 fully saturated rings. The largest absolute Gasteiger partial charge is 0.451 e. The van der Waals surface area contributed by atoms with Crippen LogP contribution in [0.5, 0.6) is 0 Å². The number of hydrogen-bond acceptors (Lipinski definition) is 7.